The number of unbranched alkanes of at least 4 members (excludes halogenated alkanes) is 3. The van der Waals surface area contributed by atoms with Gasteiger partial charge in [0, 0.05) is 6.04 Å². The molecule has 0 aliphatic carbocycles. The molecule has 0 saturated heterocycles. The van der Waals surface area contributed by atoms with Crippen molar-refractivity contribution in [1.29, 1.82) is 0 Å². The van der Waals surface area contributed by atoms with Crippen LogP contribution in [0.15, 0.2) is 0 Å². The maximum atomic E-state index is 11.4. The summed E-state index contributed by atoms with van der Waals surface area (Å²) in [5, 5.41) is 13.7. The first-order valence-electron chi connectivity index (χ1n) is 6.27. The molecule has 5 nitrogen and oxygen atoms in total. The normalized spacial score (nSPS) is 13.8. The number of carboxylic acids is 1. The van der Waals surface area contributed by atoms with Gasteiger partial charge in [-0.05, 0) is 20.3 Å². The molecule has 0 fully saturated rings. The lowest BCUT2D eigenvalue weighted by Crippen LogP contribution is -2.47. The molecule has 17 heavy (non-hydrogen) atoms. The van der Waals surface area contributed by atoms with Crippen molar-refractivity contribution in [1.82, 2.24) is 10.6 Å². The molecule has 2 amide bonds. The van der Waals surface area contributed by atoms with Crippen molar-refractivity contribution in [2.45, 2.75) is 65.0 Å². The molecule has 0 rings (SSSR count). The molecule has 0 aromatic rings. The minimum Gasteiger partial charge on any atom is -0.480 e. The van der Waals surface area contributed by atoms with Crippen LogP contribution in [0.4, 0.5) is 4.79 Å². The lowest BCUT2D eigenvalue weighted by atomic mass is 10.1. The number of aliphatic carboxylic acids is 1. The minimum absolute atomic E-state index is 0.0767. The molecule has 0 aromatic heterocycles. The number of carboxylic acid groups (broad SMARTS) is 1. The van der Waals surface area contributed by atoms with Crippen LogP contribution in [0.3, 0.4) is 0 Å². The Hall–Kier alpha value is -1.26. The number of nitrogens with one attached hydrogen (secondary N) is 2. The first-order valence-corrected chi connectivity index (χ1v) is 6.27. The van der Waals surface area contributed by atoms with Crippen LogP contribution < -0.4 is 10.6 Å². The molecule has 0 heterocycles. The molecule has 2 unspecified atom stereocenters. The Morgan fingerprint density at radius 3 is 2.29 bits per heavy atom. The SMILES string of the molecule is CCCCCCC(C)NC(=O)NC(C)C(=O)O. The van der Waals surface area contributed by atoms with Crippen molar-refractivity contribution < 1.29 is 14.7 Å². The lowest BCUT2D eigenvalue weighted by Gasteiger charge is -2.16. The Balaban J connectivity index is 3.69. The Kier molecular flexibility index (Phi) is 8.19. The number of hydrogen-bond donors (Lipinski definition) is 3. The average molecular weight is 244 g/mol. The molecule has 0 aliphatic rings. The van der Waals surface area contributed by atoms with E-state index in [-0.39, 0.29) is 6.04 Å². The molecule has 0 saturated carbocycles. The van der Waals surface area contributed by atoms with Crippen LogP contribution in [0.1, 0.15) is 52.9 Å². The van der Waals surface area contributed by atoms with Crippen molar-refractivity contribution in [3.05, 3.63) is 0 Å². The second-order valence-corrected chi connectivity index (χ2v) is 4.43. The van der Waals surface area contributed by atoms with Gasteiger partial charge in [-0.2, -0.15) is 0 Å². The van der Waals surface area contributed by atoms with E-state index in [1.165, 1.54) is 26.2 Å². The second kappa shape index (κ2) is 8.84. The van der Waals surface area contributed by atoms with Crippen LogP contribution in [0, 0.1) is 0 Å². The third kappa shape index (κ3) is 8.54. The van der Waals surface area contributed by atoms with Gasteiger partial charge in [0.05, 0.1) is 0 Å². The van der Waals surface area contributed by atoms with Crippen molar-refractivity contribution in [3.8, 4) is 0 Å². The lowest BCUT2D eigenvalue weighted by molar-refractivity contribution is -0.138. The van der Waals surface area contributed by atoms with Gasteiger partial charge in [0.15, 0.2) is 0 Å². The Labute approximate surface area is 103 Å². The van der Waals surface area contributed by atoms with Crippen molar-refractivity contribution in [3.63, 3.8) is 0 Å². The fourth-order valence-electron chi connectivity index (χ4n) is 1.47. The van der Waals surface area contributed by atoms with Crippen LogP contribution in [0.25, 0.3) is 0 Å². The van der Waals surface area contributed by atoms with Crippen LogP contribution in [0.2, 0.25) is 0 Å². The summed E-state index contributed by atoms with van der Waals surface area (Å²) in [7, 11) is 0. The van der Waals surface area contributed by atoms with Crippen molar-refractivity contribution in [2.24, 2.45) is 0 Å². The molecule has 2 atom stereocenters. The summed E-state index contributed by atoms with van der Waals surface area (Å²) in [4.78, 5) is 21.9. The van der Waals surface area contributed by atoms with E-state index < -0.39 is 18.0 Å². The predicted molar refractivity (Wildman–Crippen MR) is 67.0 cm³/mol. The first-order chi connectivity index (χ1) is 7.97. The van der Waals surface area contributed by atoms with Gasteiger partial charge in [-0.1, -0.05) is 32.6 Å². The summed E-state index contributed by atoms with van der Waals surface area (Å²) < 4.78 is 0. The number of urea groups is 1. The Morgan fingerprint density at radius 2 is 1.76 bits per heavy atom. The fraction of sp³-hybridized carbons (Fsp3) is 0.833. The molecule has 5 heteroatoms. The zero-order valence-corrected chi connectivity index (χ0v) is 11.0. The number of amides is 2. The third-order valence-electron chi connectivity index (χ3n) is 2.59. The Morgan fingerprint density at radius 1 is 1.12 bits per heavy atom. The summed E-state index contributed by atoms with van der Waals surface area (Å²) in [5.74, 6) is -1.03. The van der Waals surface area contributed by atoms with Crippen LogP contribution >= 0.6 is 0 Å². The zero-order valence-electron chi connectivity index (χ0n) is 11.0. The van der Waals surface area contributed by atoms with E-state index in [1.54, 1.807) is 0 Å². The number of hydrogen-bond acceptors (Lipinski definition) is 2. The quantitative estimate of drug-likeness (QED) is 0.572. The average Bonchev–Trinajstić information content (AvgIpc) is 2.24. The monoisotopic (exact) mass is 244 g/mol. The topological polar surface area (TPSA) is 78.4 Å². The standard InChI is InChI=1S/C12H24N2O3/c1-4-5-6-7-8-9(2)13-12(17)14-10(3)11(15)16/h9-10H,4-8H2,1-3H3,(H,15,16)(H2,13,14,17). The summed E-state index contributed by atoms with van der Waals surface area (Å²) in [6, 6.07) is -1.20. The van der Waals surface area contributed by atoms with Gasteiger partial charge in [0.25, 0.3) is 0 Å². The molecule has 0 spiro atoms. The Bertz CT molecular complexity index is 244. The van der Waals surface area contributed by atoms with E-state index in [1.807, 2.05) is 6.92 Å². The van der Waals surface area contributed by atoms with Gasteiger partial charge in [-0.25, -0.2) is 4.79 Å². The van der Waals surface area contributed by atoms with E-state index in [2.05, 4.69) is 17.6 Å². The molecule has 0 radical (unpaired) electrons. The number of carbonyl (C=O) groups excluding carboxylic acids is 1. The van der Waals surface area contributed by atoms with E-state index >= 15 is 0 Å². The van der Waals surface area contributed by atoms with E-state index in [9.17, 15) is 9.59 Å². The molecule has 3 N–H and O–H groups in total. The predicted octanol–water partition coefficient (Wildman–Crippen LogP) is 2.12. The highest BCUT2D eigenvalue weighted by Gasteiger charge is 2.14. The minimum atomic E-state index is -1.03. The third-order valence-corrected chi connectivity index (χ3v) is 2.59. The molecular formula is C12H24N2O3. The summed E-state index contributed by atoms with van der Waals surface area (Å²) >= 11 is 0. The van der Waals surface area contributed by atoms with Gasteiger partial charge in [0.1, 0.15) is 6.04 Å². The van der Waals surface area contributed by atoms with Gasteiger partial charge in [-0.3, -0.25) is 4.79 Å². The van der Waals surface area contributed by atoms with Gasteiger partial charge >= 0.3 is 12.0 Å². The summed E-state index contributed by atoms with van der Waals surface area (Å²) in [6.07, 6.45) is 5.60. The van der Waals surface area contributed by atoms with Crippen molar-refractivity contribution in [2.75, 3.05) is 0 Å². The summed E-state index contributed by atoms with van der Waals surface area (Å²) in [5.41, 5.74) is 0. The van der Waals surface area contributed by atoms with Gasteiger partial charge in [0.2, 0.25) is 0 Å². The van der Waals surface area contributed by atoms with Gasteiger partial charge in [-0.15, -0.1) is 0 Å². The van der Waals surface area contributed by atoms with E-state index in [4.69, 9.17) is 5.11 Å². The second-order valence-electron chi connectivity index (χ2n) is 4.43. The molecule has 0 aromatic carbocycles. The van der Waals surface area contributed by atoms with Gasteiger partial charge < -0.3 is 15.7 Å². The van der Waals surface area contributed by atoms with E-state index in [0.29, 0.717) is 0 Å². The number of rotatable bonds is 8. The first kappa shape index (κ1) is 15.7. The van der Waals surface area contributed by atoms with Crippen LogP contribution in [-0.2, 0) is 4.79 Å². The van der Waals surface area contributed by atoms with Crippen LogP contribution in [0.5, 0.6) is 0 Å². The largest absolute Gasteiger partial charge is 0.480 e. The molecule has 0 aliphatic heterocycles. The number of carbonyl (C=O) groups is 2. The van der Waals surface area contributed by atoms with Crippen LogP contribution in [-0.4, -0.2) is 29.2 Å². The molecule has 0 bridgehead atoms. The fourth-order valence-corrected chi connectivity index (χ4v) is 1.47. The van der Waals surface area contributed by atoms with Crippen molar-refractivity contribution >= 4 is 12.0 Å². The highest BCUT2D eigenvalue weighted by atomic mass is 16.4. The molecule has 100 valence electrons. The maximum Gasteiger partial charge on any atom is 0.325 e. The highest BCUT2D eigenvalue weighted by Crippen LogP contribution is 2.05. The maximum absolute atomic E-state index is 11.4. The smallest absolute Gasteiger partial charge is 0.325 e. The zero-order chi connectivity index (χ0) is 13.3. The van der Waals surface area contributed by atoms with E-state index in [0.717, 1.165) is 12.8 Å². The molecular weight excluding hydrogens is 220 g/mol. The summed E-state index contributed by atoms with van der Waals surface area (Å²) in [6.45, 7) is 5.52. The highest BCUT2D eigenvalue weighted by molar-refractivity contribution is 5.82.